The Morgan fingerprint density at radius 1 is 1.31 bits per heavy atom. The number of rotatable bonds is 5. The first-order valence-electron chi connectivity index (χ1n) is 9.81. The van der Waals surface area contributed by atoms with E-state index in [-0.39, 0.29) is 5.82 Å². The average Bonchev–Trinajstić information content (AvgIpc) is 2.96. The van der Waals surface area contributed by atoms with Crippen molar-refractivity contribution in [2.24, 2.45) is 5.41 Å². The summed E-state index contributed by atoms with van der Waals surface area (Å²) in [5, 5.41) is 0.375. The first kappa shape index (κ1) is 17.0. The van der Waals surface area contributed by atoms with Gasteiger partial charge in [-0.25, -0.2) is 9.37 Å². The highest BCUT2D eigenvalue weighted by Crippen LogP contribution is 2.44. The monoisotopic (exact) mass is 376 g/mol. The van der Waals surface area contributed by atoms with E-state index in [0.717, 1.165) is 25.5 Å². The van der Waals surface area contributed by atoms with Crippen LogP contribution in [-0.4, -0.2) is 51.5 Å². The molecule has 1 saturated carbocycles. The molecule has 6 rings (SSSR count). The van der Waals surface area contributed by atoms with Crippen LogP contribution in [0.15, 0.2) is 12.1 Å². The summed E-state index contributed by atoms with van der Waals surface area (Å²) in [7, 11) is 0. The molecule has 3 saturated heterocycles. The molecular formula is C20H26ClFN4. The standard InChI is InChI=1S/C20H26ClFN4/c1-20(3-2-4-20)5-6-26-14-9-15(26)11-25(10-14)12-18-23-17-8-13(22)7-16(21)19(17)24-18/h7-8,14-15H,2-6,9-12H2,1H3,(H,23,24). The maximum atomic E-state index is 13.5. The van der Waals surface area contributed by atoms with Crippen LogP contribution in [0.25, 0.3) is 11.0 Å². The lowest BCUT2D eigenvalue weighted by atomic mass is 9.68. The quantitative estimate of drug-likeness (QED) is 0.849. The zero-order valence-corrected chi connectivity index (χ0v) is 16.0. The lowest BCUT2D eigenvalue weighted by Gasteiger charge is -2.57. The van der Waals surface area contributed by atoms with Crippen molar-refractivity contribution in [3.63, 3.8) is 0 Å². The van der Waals surface area contributed by atoms with Crippen LogP contribution in [0.4, 0.5) is 4.39 Å². The molecular weight excluding hydrogens is 351 g/mol. The molecule has 2 aromatic rings. The number of halogens is 2. The smallest absolute Gasteiger partial charge is 0.126 e. The Kier molecular flexibility index (Phi) is 4.03. The lowest BCUT2D eigenvalue weighted by molar-refractivity contribution is -0.0802. The van der Waals surface area contributed by atoms with Gasteiger partial charge in [0, 0.05) is 25.2 Å². The van der Waals surface area contributed by atoms with Crippen LogP contribution in [0, 0.1) is 11.2 Å². The van der Waals surface area contributed by atoms with Gasteiger partial charge in [-0.05, 0) is 49.8 Å². The number of hydrogen-bond acceptors (Lipinski definition) is 3. The molecule has 140 valence electrons. The Bertz CT molecular complexity index is 819. The fraction of sp³-hybridized carbons (Fsp3) is 0.650. The van der Waals surface area contributed by atoms with E-state index in [1.165, 1.54) is 50.8 Å². The predicted molar refractivity (Wildman–Crippen MR) is 102 cm³/mol. The third-order valence-corrected chi connectivity index (χ3v) is 7.17. The zero-order chi connectivity index (χ0) is 17.9. The van der Waals surface area contributed by atoms with Gasteiger partial charge in [-0.15, -0.1) is 0 Å². The molecule has 1 aromatic heterocycles. The fourth-order valence-corrected chi connectivity index (χ4v) is 5.33. The number of nitrogens with one attached hydrogen (secondary N) is 1. The highest BCUT2D eigenvalue weighted by atomic mass is 35.5. The number of piperazine rings is 1. The van der Waals surface area contributed by atoms with Gasteiger partial charge in [0.1, 0.15) is 17.2 Å². The van der Waals surface area contributed by atoms with Gasteiger partial charge >= 0.3 is 0 Å². The van der Waals surface area contributed by atoms with Crippen LogP contribution in [0.5, 0.6) is 0 Å². The van der Waals surface area contributed by atoms with E-state index in [4.69, 9.17) is 11.6 Å². The first-order chi connectivity index (χ1) is 12.5. The molecule has 4 fully saturated rings. The van der Waals surface area contributed by atoms with Gasteiger partial charge in [-0.1, -0.05) is 24.9 Å². The second-order valence-electron chi connectivity index (χ2n) is 8.86. The average molecular weight is 377 g/mol. The van der Waals surface area contributed by atoms with E-state index < -0.39 is 0 Å². The van der Waals surface area contributed by atoms with Crippen LogP contribution in [0.2, 0.25) is 5.02 Å². The van der Waals surface area contributed by atoms with Crippen molar-refractivity contribution in [3.8, 4) is 0 Å². The summed E-state index contributed by atoms with van der Waals surface area (Å²) in [5.74, 6) is 0.551. The van der Waals surface area contributed by atoms with Crippen molar-refractivity contribution in [3.05, 3.63) is 28.8 Å². The summed E-state index contributed by atoms with van der Waals surface area (Å²) in [4.78, 5) is 13.0. The number of piperidine rings is 1. The van der Waals surface area contributed by atoms with Crippen LogP contribution in [0.1, 0.15) is 44.9 Å². The molecule has 4 heterocycles. The maximum Gasteiger partial charge on any atom is 0.126 e. The number of fused-ring (bicyclic) bond motifs is 3. The number of aromatic amines is 1. The zero-order valence-electron chi connectivity index (χ0n) is 15.3. The van der Waals surface area contributed by atoms with E-state index in [1.807, 2.05) is 0 Å². The topological polar surface area (TPSA) is 35.2 Å². The molecule has 6 heteroatoms. The summed E-state index contributed by atoms with van der Waals surface area (Å²) in [6.45, 7) is 6.71. The molecule has 4 aliphatic rings. The highest BCUT2D eigenvalue weighted by Gasteiger charge is 2.45. The normalized spacial score (nSPS) is 28.1. The molecule has 2 unspecified atom stereocenters. The number of nitrogens with zero attached hydrogens (tertiary/aromatic N) is 3. The third kappa shape index (κ3) is 2.94. The molecule has 1 aromatic carbocycles. The van der Waals surface area contributed by atoms with E-state index in [2.05, 4.69) is 26.7 Å². The second-order valence-corrected chi connectivity index (χ2v) is 9.26. The van der Waals surface area contributed by atoms with Gasteiger partial charge in [0.2, 0.25) is 0 Å². The molecule has 0 amide bonds. The van der Waals surface area contributed by atoms with Crippen molar-refractivity contribution in [2.45, 2.75) is 57.7 Å². The molecule has 0 spiro atoms. The number of imidazole rings is 1. The first-order valence-corrected chi connectivity index (χ1v) is 10.2. The van der Waals surface area contributed by atoms with Crippen molar-refractivity contribution in [2.75, 3.05) is 19.6 Å². The summed E-state index contributed by atoms with van der Waals surface area (Å²) >= 11 is 6.11. The van der Waals surface area contributed by atoms with Crippen LogP contribution < -0.4 is 0 Å². The van der Waals surface area contributed by atoms with Gasteiger partial charge in [-0.3, -0.25) is 9.80 Å². The molecule has 4 nitrogen and oxygen atoms in total. The fourth-order valence-electron chi connectivity index (χ4n) is 5.08. The lowest BCUT2D eigenvalue weighted by Crippen LogP contribution is -2.68. The van der Waals surface area contributed by atoms with E-state index in [1.54, 1.807) is 0 Å². The van der Waals surface area contributed by atoms with Crippen molar-refractivity contribution < 1.29 is 4.39 Å². The number of hydrogen-bond donors (Lipinski definition) is 1. The number of aromatic nitrogens is 2. The Morgan fingerprint density at radius 2 is 2.08 bits per heavy atom. The minimum absolute atomic E-state index is 0.326. The van der Waals surface area contributed by atoms with Crippen LogP contribution >= 0.6 is 11.6 Å². The summed E-state index contributed by atoms with van der Waals surface area (Å²) in [6.07, 6.45) is 6.94. The summed E-state index contributed by atoms with van der Waals surface area (Å²) in [5.41, 5.74) is 1.97. The van der Waals surface area contributed by atoms with Gasteiger partial charge in [0.15, 0.2) is 0 Å². The Morgan fingerprint density at radius 3 is 2.77 bits per heavy atom. The maximum absolute atomic E-state index is 13.5. The minimum atomic E-state index is -0.326. The molecule has 1 aliphatic carbocycles. The van der Waals surface area contributed by atoms with Gasteiger partial charge < -0.3 is 4.98 Å². The van der Waals surface area contributed by atoms with Crippen molar-refractivity contribution in [1.29, 1.82) is 0 Å². The summed E-state index contributed by atoms with van der Waals surface area (Å²) in [6, 6.07) is 4.19. The van der Waals surface area contributed by atoms with E-state index in [0.29, 0.717) is 33.6 Å². The van der Waals surface area contributed by atoms with Gasteiger partial charge in [0.25, 0.3) is 0 Å². The highest BCUT2D eigenvalue weighted by molar-refractivity contribution is 6.34. The SMILES string of the molecule is CC1(CCN2C3CC2CN(Cc2nc4c(Cl)cc(F)cc4[nH]2)C3)CCC1. The number of H-pyrrole nitrogens is 1. The van der Waals surface area contributed by atoms with Crippen LogP contribution in [-0.2, 0) is 6.54 Å². The summed E-state index contributed by atoms with van der Waals surface area (Å²) < 4.78 is 13.5. The number of benzene rings is 1. The van der Waals surface area contributed by atoms with E-state index >= 15 is 0 Å². The van der Waals surface area contributed by atoms with Crippen LogP contribution in [0.3, 0.4) is 0 Å². The molecule has 2 bridgehead atoms. The molecule has 1 N–H and O–H groups in total. The predicted octanol–water partition coefficient (Wildman–Crippen LogP) is 4.19. The molecule has 2 atom stereocenters. The Hall–Kier alpha value is -1.17. The second kappa shape index (κ2) is 6.18. The van der Waals surface area contributed by atoms with Gasteiger partial charge in [0.05, 0.1) is 17.1 Å². The molecule has 0 radical (unpaired) electrons. The Balaban J connectivity index is 1.20. The van der Waals surface area contributed by atoms with Crippen molar-refractivity contribution in [1.82, 2.24) is 19.8 Å². The molecule has 3 aliphatic heterocycles. The van der Waals surface area contributed by atoms with Gasteiger partial charge in [-0.2, -0.15) is 0 Å². The van der Waals surface area contributed by atoms with E-state index in [9.17, 15) is 4.39 Å². The molecule has 26 heavy (non-hydrogen) atoms. The largest absolute Gasteiger partial charge is 0.341 e. The minimum Gasteiger partial charge on any atom is -0.341 e. The third-order valence-electron chi connectivity index (χ3n) is 6.88. The Labute approximate surface area is 158 Å². The van der Waals surface area contributed by atoms with Crippen molar-refractivity contribution >= 4 is 22.6 Å².